The van der Waals surface area contributed by atoms with Gasteiger partial charge in [0, 0.05) is 6.54 Å². The first-order valence-corrected chi connectivity index (χ1v) is 13.0. The molecule has 2 heterocycles. The number of nitrogen functional groups attached to an aromatic ring is 1. The first-order valence-electron chi connectivity index (χ1n) is 11.3. The van der Waals surface area contributed by atoms with E-state index >= 15 is 0 Å². The van der Waals surface area contributed by atoms with Gasteiger partial charge in [0.25, 0.3) is 0 Å². The van der Waals surface area contributed by atoms with Crippen molar-refractivity contribution in [1.82, 2.24) is 19.5 Å². The average molecular weight is 514 g/mol. The smallest absolute Gasteiger partial charge is 0.336 e. The highest BCUT2D eigenvalue weighted by Crippen LogP contribution is 2.49. The number of ether oxygens (including phenoxy) is 2. The Balaban J connectivity index is 2.01. The van der Waals surface area contributed by atoms with Crippen LogP contribution in [0.3, 0.4) is 0 Å². The number of carbonyl (C=O) groups is 2. The van der Waals surface area contributed by atoms with Gasteiger partial charge in [-0.25, -0.2) is 15.0 Å². The van der Waals surface area contributed by atoms with Crippen LogP contribution in [0.5, 0.6) is 0 Å². The molecule has 0 radical (unpaired) electrons. The summed E-state index contributed by atoms with van der Waals surface area (Å²) in [6.45, 7) is 11.5. The van der Waals surface area contributed by atoms with Gasteiger partial charge in [-0.05, 0) is 53.9 Å². The lowest BCUT2D eigenvalue weighted by Gasteiger charge is -2.23. The Morgan fingerprint density at radius 1 is 1.00 bits per heavy atom. The molecule has 196 valence electrons. The van der Waals surface area contributed by atoms with Crippen LogP contribution in [0.1, 0.15) is 54.9 Å². The molecule has 0 fully saturated rings. The second-order valence-corrected chi connectivity index (χ2v) is 12.6. The number of aromatic nitrogens is 4. The number of hydrogen-bond donors (Lipinski definition) is 1. The molecule has 0 unspecified atom stereocenters. The standard InChI is InChI=1S/C22H36N5O7P/c1-15(10-27-12-26-16-17(23)24-11-25-18(16)27)8-9-35(30,33-13-31-19(28)21(2,3)4)34-14-32-20(29)22(5,6)7/h11-12,15H,8-10,13-14H2,1-7H3,(H2,23,24,25)/t15-/m0/s1. The fourth-order valence-electron chi connectivity index (χ4n) is 2.76. The summed E-state index contributed by atoms with van der Waals surface area (Å²) < 4.78 is 36.1. The predicted molar refractivity (Wildman–Crippen MR) is 129 cm³/mol. The number of anilines is 1. The van der Waals surface area contributed by atoms with Crippen molar-refractivity contribution in [2.45, 2.75) is 61.4 Å². The lowest BCUT2D eigenvalue weighted by atomic mass is 9.98. The number of nitrogens with two attached hydrogens (primary N) is 1. The number of esters is 2. The molecule has 0 amide bonds. The van der Waals surface area contributed by atoms with Crippen LogP contribution in [-0.2, 0) is 39.2 Å². The summed E-state index contributed by atoms with van der Waals surface area (Å²) in [5.74, 6) is -0.713. The zero-order chi connectivity index (χ0) is 26.4. The van der Waals surface area contributed by atoms with E-state index in [1.165, 1.54) is 6.33 Å². The maximum atomic E-state index is 13.4. The van der Waals surface area contributed by atoms with E-state index in [2.05, 4.69) is 15.0 Å². The number of nitrogens with zero attached hydrogens (tertiary/aromatic N) is 4. The highest BCUT2D eigenvalue weighted by molar-refractivity contribution is 7.53. The lowest BCUT2D eigenvalue weighted by Crippen LogP contribution is -2.25. The summed E-state index contributed by atoms with van der Waals surface area (Å²) in [5, 5.41) is 0. The van der Waals surface area contributed by atoms with Crippen molar-refractivity contribution in [3.05, 3.63) is 12.7 Å². The van der Waals surface area contributed by atoms with Gasteiger partial charge >= 0.3 is 19.5 Å². The summed E-state index contributed by atoms with van der Waals surface area (Å²) in [7, 11) is -3.76. The normalized spacial score (nSPS) is 13.6. The summed E-state index contributed by atoms with van der Waals surface area (Å²) in [4.78, 5) is 36.4. The topological polar surface area (TPSA) is 158 Å². The molecule has 0 saturated carbocycles. The zero-order valence-electron chi connectivity index (χ0n) is 21.4. The number of hydrogen-bond acceptors (Lipinski definition) is 11. The summed E-state index contributed by atoms with van der Waals surface area (Å²) in [5.41, 5.74) is 5.46. The van der Waals surface area contributed by atoms with Crippen LogP contribution in [0.4, 0.5) is 5.82 Å². The van der Waals surface area contributed by atoms with E-state index in [4.69, 9.17) is 24.3 Å². The summed E-state index contributed by atoms with van der Waals surface area (Å²) in [6, 6.07) is 0. The van der Waals surface area contributed by atoms with E-state index in [1.54, 1.807) is 47.9 Å². The van der Waals surface area contributed by atoms with Crippen molar-refractivity contribution in [3.63, 3.8) is 0 Å². The number of fused-ring (bicyclic) bond motifs is 1. The van der Waals surface area contributed by atoms with Gasteiger partial charge < -0.3 is 19.8 Å². The van der Waals surface area contributed by atoms with Crippen LogP contribution in [0.25, 0.3) is 11.2 Å². The number of imidazole rings is 1. The SMILES string of the molecule is C[C@@H](CCP(=O)(OCOC(=O)C(C)(C)C)OCOC(=O)C(C)(C)C)Cn1cnc2c(N)ncnc21. The van der Waals surface area contributed by atoms with Crippen molar-refractivity contribution in [3.8, 4) is 0 Å². The van der Waals surface area contributed by atoms with Crippen LogP contribution in [0, 0.1) is 16.7 Å². The molecule has 35 heavy (non-hydrogen) atoms. The van der Waals surface area contributed by atoms with E-state index in [9.17, 15) is 14.2 Å². The minimum absolute atomic E-state index is 0.0120. The van der Waals surface area contributed by atoms with E-state index in [0.717, 1.165) is 0 Å². The minimum atomic E-state index is -3.76. The Bertz CT molecular complexity index is 1040. The quantitative estimate of drug-likeness (QED) is 0.265. The molecule has 0 bridgehead atoms. The molecular weight excluding hydrogens is 477 g/mol. The largest absolute Gasteiger partial charge is 0.438 e. The third kappa shape index (κ3) is 8.55. The van der Waals surface area contributed by atoms with Gasteiger partial charge in [0.2, 0.25) is 13.6 Å². The van der Waals surface area contributed by atoms with Crippen LogP contribution in [0.15, 0.2) is 12.7 Å². The summed E-state index contributed by atoms with van der Waals surface area (Å²) >= 11 is 0. The van der Waals surface area contributed by atoms with Crippen molar-refractivity contribution in [1.29, 1.82) is 0 Å². The highest BCUT2D eigenvalue weighted by atomic mass is 31.2. The molecule has 0 spiro atoms. The first kappa shape index (κ1) is 28.7. The van der Waals surface area contributed by atoms with Crippen LogP contribution < -0.4 is 5.73 Å². The third-order valence-corrected chi connectivity index (χ3v) is 6.74. The van der Waals surface area contributed by atoms with Crippen LogP contribution in [0.2, 0.25) is 0 Å². The molecule has 2 aromatic rings. The Hall–Kier alpha value is -2.56. The second kappa shape index (κ2) is 11.5. The molecule has 0 aliphatic heterocycles. The fraction of sp³-hybridized carbons (Fsp3) is 0.682. The van der Waals surface area contributed by atoms with Crippen molar-refractivity contribution in [2.24, 2.45) is 16.7 Å². The van der Waals surface area contributed by atoms with E-state index in [0.29, 0.717) is 29.9 Å². The molecule has 0 aliphatic carbocycles. The molecule has 13 heteroatoms. The Morgan fingerprint density at radius 3 is 2.06 bits per heavy atom. The summed E-state index contributed by atoms with van der Waals surface area (Å²) in [6.07, 6.45) is 3.43. The maximum Gasteiger partial charge on any atom is 0.336 e. The molecule has 0 aliphatic rings. The average Bonchev–Trinajstić information content (AvgIpc) is 3.15. The maximum absolute atomic E-state index is 13.4. The van der Waals surface area contributed by atoms with Crippen LogP contribution >= 0.6 is 7.60 Å². The van der Waals surface area contributed by atoms with E-state index < -0.39 is 44.0 Å². The van der Waals surface area contributed by atoms with Gasteiger partial charge in [-0.1, -0.05) is 6.92 Å². The Kier molecular flexibility index (Phi) is 9.38. The Labute approximate surface area is 205 Å². The van der Waals surface area contributed by atoms with Gasteiger partial charge in [0.1, 0.15) is 11.8 Å². The second-order valence-electron chi connectivity index (χ2n) is 10.4. The molecule has 12 nitrogen and oxygen atoms in total. The fourth-order valence-corrected chi connectivity index (χ4v) is 4.27. The third-order valence-electron chi connectivity index (χ3n) is 4.94. The highest BCUT2D eigenvalue weighted by Gasteiger charge is 2.30. The van der Waals surface area contributed by atoms with Crippen molar-refractivity contribution < 1.29 is 32.7 Å². The molecule has 0 saturated heterocycles. The molecule has 2 rings (SSSR count). The predicted octanol–water partition coefficient (Wildman–Crippen LogP) is 3.75. The first-order chi connectivity index (χ1) is 16.1. The van der Waals surface area contributed by atoms with Gasteiger partial charge in [-0.15, -0.1) is 0 Å². The molecular formula is C22H36N5O7P. The molecule has 1 atom stereocenters. The monoisotopic (exact) mass is 513 g/mol. The van der Waals surface area contributed by atoms with Crippen LogP contribution in [-0.4, -0.2) is 51.2 Å². The van der Waals surface area contributed by atoms with E-state index in [1.807, 2.05) is 11.5 Å². The van der Waals surface area contributed by atoms with Crippen molar-refractivity contribution >= 4 is 36.5 Å². The number of rotatable bonds is 11. The van der Waals surface area contributed by atoms with Gasteiger partial charge in [0.05, 0.1) is 23.3 Å². The van der Waals surface area contributed by atoms with Crippen molar-refractivity contribution in [2.75, 3.05) is 25.5 Å². The zero-order valence-corrected chi connectivity index (χ0v) is 22.3. The Morgan fingerprint density at radius 2 is 1.54 bits per heavy atom. The number of carbonyl (C=O) groups excluding carboxylic acids is 2. The lowest BCUT2D eigenvalue weighted by molar-refractivity contribution is -0.162. The molecule has 2 N–H and O–H groups in total. The van der Waals surface area contributed by atoms with Gasteiger partial charge in [0.15, 0.2) is 11.5 Å². The van der Waals surface area contributed by atoms with E-state index in [-0.39, 0.29) is 12.1 Å². The van der Waals surface area contributed by atoms with Gasteiger partial charge in [-0.3, -0.25) is 23.2 Å². The molecule has 2 aromatic heterocycles. The van der Waals surface area contributed by atoms with Gasteiger partial charge in [-0.2, -0.15) is 0 Å². The molecule has 0 aromatic carbocycles. The minimum Gasteiger partial charge on any atom is -0.438 e.